The van der Waals surface area contributed by atoms with Gasteiger partial charge in [-0.15, -0.1) is 0 Å². The van der Waals surface area contributed by atoms with Crippen molar-refractivity contribution in [2.75, 3.05) is 43.4 Å². The van der Waals surface area contributed by atoms with Crippen LogP contribution in [0.1, 0.15) is 28.5 Å². The predicted octanol–water partition coefficient (Wildman–Crippen LogP) is 3.48. The molecule has 4 aromatic rings. The highest BCUT2D eigenvalue weighted by atomic mass is 15.3. The Kier molecular flexibility index (Phi) is 6.58. The van der Waals surface area contributed by atoms with E-state index >= 15 is 0 Å². The first-order chi connectivity index (χ1) is 17.1. The largest absolute Gasteiger partial charge is 0.354 e. The van der Waals surface area contributed by atoms with Crippen LogP contribution in [0.3, 0.4) is 0 Å². The summed E-state index contributed by atoms with van der Waals surface area (Å²) in [6.45, 7) is 10.5. The first-order valence-corrected chi connectivity index (χ1v) is 11.9. The van der Waals surface area contributed by atoms with Gasteiger partial charge in [0.15, 0.2) is 0 Å². The first-order valence-electron chi connectivity index (χ1n) is 11.9. The lowest BCUT2D eigenvalue weighted by molar-refractivity contribution is 0.312. The van der Waals surface area contributed by atoms with Gasteiger partial charge in [-0.1, -0.05) is 30.8 Å². The van der Waals surface area contributed by atoms with E-state index in [9.17, 15) is 0 Å². The molecule has 9 nitrogen and oxygen atoms in total. The summed E-state index contributed by atoms with van der Waals surface area (Å²) in [6.07, 6.45) is 6.20. The molecular weight excluding hydrogens is 438 g/mol. The van der Waals surface area contributed by atoms with Gasteiger partial charge in [-0.2, -0.15) is 5.10 Å². The highest BCUT2D eigenvalue weighted by Gasteiger charge is 2.18. The number of hydrogen-bond donors (Lipinski definition) is 2. The van der Waals surface area contributed by atoms with Crippen molar-refractivity contribution in [1.82, 2.24) is 34.6 Å². The zero-order valence-electron chi connectivity index (χ0n) is 20.3. The van der Waals surface area contributed by atoms with Gasteiger partial charge in [0.25, 0.3) is 0 Å². The van der Waals surface area contributed by atoms with Gasteiger partial charge in [0.2, 0.25) is 0 Å². The molecule has 5 rings (SSSR count). The molecule has 180 valence electrons. The lowest BCUT2D eigenvalue weighted by Crippen LogP contribution is -2.44. The van der Waals surface area contributed by atoms with E-state index < -0.39 is 0 Å². The molecule has 0 spiro atoms. The number of imidazole rings is 1. The van der Waals surface area contributed by atoms with Crippen molar-refractivity contribution >= 4 is 23.5 Å². The minimum absolute atomic E-state index is 0.654. The van der Waals surface area contributed by atoms with Crippen LogP contribution in [0.5, 0.6) is 0 Å². The summed E-state index contributed by atoms with van der Waals surface area (Å²) in [5.74, 6) is 4.20. The Balaban J connectivity index is 1.36. The zero-order valence-corrected chi connectivity index (χ0v) is 20.3. The van der Waals surface area contributed by atoms with Crippen molar-refractivity contribution < 1.29 is 0 Å². The Labute approximate surface area is 205 Å². The molecule has 1 aliphatic heterocycles. The topological polar surface area (TPSA) is 90.8 Å². The van der Waals surface area contributed by atoms with Crippen molar-refractivity contribution in [3.8, 4) is 0 Å². The quantitative estimate of drug-likeness (QED) is 0.408. The number of anilines is 3. The van der Waals surface area contributed by atoms with Crippen LogP contribution in [0.15, 0.2) is 55.4 Å². The third-order valence-electron chi connectivity index (χ3n) is 6.22. The number of nitrogens with zero attached hydrogens (tertiary/aromatic N) is 7. The van der Waals surface area contributed by atoms with Crippen molar-refractivity contribution in [2.45, 2.75) is 19.9 Å². The van der Waals surface area contributed by atoms with Crippen LogP contribution < -0.4 is 10.2 Å². The molecule has 0 radical (unpaired) electrons. The van der Waals surface area contributed by atoms with Gasteiger partial charge in [0.1, 0.15) is 29.1 Å². The third-order valence-corrected chi connectivity index (χ3v) is 6.22. The van der Waals surface area contributed by atoms with Crippen molar-refractivity contribution in [3.05, 3.63) is 83.8 Å². The number of benzene rings is 1. The molecule has 4 heterocycles. The molecule has 1 aromatic carbocycles. The van der Waals surface area contributed by atoms with E-state index in [-0.39, 0.29) is 0 Å². The second-order valence-electron chi connectivity index (χ2n) is 8.98. The Hall–Kier alpha value is -3.98. The number of piperazine rings is 1. The highest BCUT2D eigenvalue weighted by molar-refractivity contribution is 5.57. The van der Waals surface area contributed by atoms with Crippen LogP contribution in [-0.2, 0) is 13.0 Å². The lowest BCUT2D eigenvalue weighted by atomic mass is 10.1. The van der Waals surface area contributed by atoms with Crippen LogP contribution in [0, 0.1) is 6.92 Å². The zero-order chi connectivity index (χ0) is 24.2. The fourth-order valence-electron chi connectivity index (χ4n) is 4.23. The number of aryl methyl sites for hydroxylation is 1. The number of aromatic nitrogens is 6. The normalized spacial score (nSPS) is 14.3. The van der Waals surface area contributed by atoms with Gasteiger partial charge < -0.3 is 19.7 Å². The van der Waals surface area contributed by atoms with E-state index in [0.29, 0.717) is 6.42 Å². The molecule has 0 saturated carbocycles. The fraction of sp³-hybridized carbons (Fsp3) is 0.308. The molecule has 0 aliphatic carbocycles. The number of H-pyrrole nitrogens is 1. The summed E-state index contributed by atoms with van der Waals surface area (Å²) in [6, 6.07) is 12.6. The SMILES string of the molecule is C=Cc1nccn1Cc1ccc(Cc2nc(Nc3cc(C)n[nH]3)cc(N3CCN(C)CC3)n2)cc1. The second kappa shape index (κ2) is 10.1. The van der Waals surface area contributed by atoms with Crippen LogP contribution in [0.2, 0.25) is 0 Å². The summed E-state index contributed by atoms with van der Waals surface area (Å²) in [5.41, 5.74) is 3.30. The Morgan fingerprint density at radius 2 is 1.83 bits per heavy atom. The van der Waals surface area contributed by atoms with Gasteiger partial charge in [0, 0.05) is 63.7 Å². The Morgan fingerprint density at radius 1 is 1.06 bits per heavy atom. The summed E-state index contributed by atoms with van der Waals surface area (Å²) in [5, 5.41) is 10.6. The lowest BCUT2D eigenvalue weighted by Gasteiger charge is -2.33. The van der Waals surface area contributed by atoms with Crippen LogP contribution >= 0.6 is 0 Å². The Bertz CT molecular complexity index is 1280. The second-order valence-corrected chi connectivity index (χ2v) is 8.98. The van der Waals surface area contributed by atoms with Gasteiger partial charge in [0.05, 0.1) is 5.69 Å². The smallest absolute Gasteiger partial charge is 0.137 e. The molecule has 2 N–H and O–H groups in total. The minimum atomic E-state index is 0.654. The maximum atomic E-state index is 4.94. The standard InChI is InChI=1S/C26H31N9/c1-4-25-27-9-10-35(25)18-21-7-5-20(6-8-21)16-22-28-23(29-24-15-19(2)31-32-24)17-26(30-22)34-13-11-33(3)12-14-34/h4-10,15,17H,1,11-14,16,18H2,2-3H3,(H2,28,29,30,31,32). The predicted molar refractivity (Wildman–Crippen MR) is 139 cm³/mol. The minimum Gasteiger partial charge on any atom is -0.354 e. The van der Waals surface area contributed by atoms with Gasteiger partial charge in [-0.25, -0.2) is 15.0 Å². The van der Waals surface area contributed by atoms with Crippen LogP contribution in [0.4, 0.5) is 17.5 Å². The first kappa shape index (κ1) is 22.8. The van der Waals surface area contributed by atoms with Gasteiger partial charge in [-0.3, -0.25) is 5.10 Å². The fourth-order valence-corrected chi connectivity index (χ4v) is 4.23. The van der Waals surface area contributed by atoms with E-state index in [0.717, 1.165) is 67.5 Å². The van der Waals surface area contributed by atoms with Crippen LogP contribution in [-0.4, -0.2) is 67.8 Å². The maximum absolute atomic E-state index is 4.94. The van der Waals surface area contributed by atoms with Crippen molar-refractivity contribution in [3.63, 3.8) is 0 Å². The molecular formula is C26H31N9. The summed E-state index contributed by atoms with van der Waals surface area (Å²) < 4.78 is 2.08. The number of likely N-dealkylation sites (N-methyl/N-ethyl adjacent to an activating group) is 1. The number of hydrogen-bond acceptors (Lipinski definition) is 7. The molecule has 0 amide bonds. The Morgan fingerprint density at radius 3 is 2.54 bits per heavy atom. The van der Waals surface area contributed by atoms with Crippen LogP contribution in [0.25, 0.3) is 6.08 Å². The molecule has 0 bridgehead atoms. The molecule has 1 aliphatic rings. The third kappa shape index (κ3) is 5.58. The summed E-state index contributed by atoms with van der Waals surface area (Å²) >= 11 is 0. The van der Waals surface area contributed by atoms with Crippen molar-refractivity contribution in [2.24, 2.45) is 0 Å². The monoisotopic (exact) mass is 469 g/mol. The van der Waals surface area contributed by atoms with E-state index in [1.165, 1.54) is 11.1 Å². The average Bonchev–Trinajstić information content (AvgIpc) is 3.48. The van der Waals surface area contributed by atoms with Gasteiger partial charge >= 0.3 is 0 Å². The number of aromatic amines is 1. The number of nitrogens with one attached hydrogen (secondary N) is 2. The molecule has 1 fully saturated rings. The van der Waals surface area contributed by atoms with E-state index in [2.05, 4.69) is 72.8 Å². The van der Waals surface area contributed by atoms with E-state index in [1.54, 1.807) is 12.3 Å². The molecule has 0 unspecified atom stereocenters. The van der Waals surface area contributed by atoms with Gasteiger partial charge in [-0.05, 0) is 31.2 Å². The highest BCUT2D eigenvalue weighted by Crippen LogP contribution is 2.22. The maximum Gasteiger partial charge on any atom is 0.137 e. The molecule has 3 aromatic heterocycles. The molecule has 1 saturated heterocycles. The number of rotatable bonds is 8. The molecule has 9 heteroatoms. The van der Waals surface area contributed by atoms with E-state index in [1.807, 2.05) is 25.3 Å². The van der Waals surface area contributed by atoms with E-state index in [4.69, 9.17) is 9.97 Å². The summed E-state index contributed by atoms with van der Waals surface area (Å²) in [7, 11) is 2.16. The molecule has 35 heavy (non-hydrogen) atoms. The average molecular weight is 470 g/mol. The van der Waals surface area contributed by atoms with Crippen molar-refractivity contribution in [1.29, 1.82) is 0 Å². The summed E-state index contributed by atoms with van der Waals surface area (Å²) in [4.78, 5) is 18.7. The molecule has 0 atom stereocenters.